The highest BCUT2D eigenvalue weighted by molar-refractivity contribution is 5.91. The molecule has 0 bridgehead atoms. The highest BCUT2D eigenvalue weighted by Gasteiger charge is 2.36. The highest BCUT2D eigenvalue weighted by Crippen LogP contribution is 2.36. The Morgan fingerprint density at radius 3 is 2.52 bits per heavy atom. The molecular weight excluding hydrogens is 366 g/mol. The fourth-order valence-corrected chi connectivity index (χ4v) is 3.23. The van der Waals surface area contributed by atoms with Crippen molar-refractivity contribution in [2.75, 3.05) is 31.5 Å². The Kier molecular flexibility index (Phi) is 6.67. The number of carbonyl (C=O) groups excluding carboxylic acids is 2. The number of amides is 3. The van der Waals surface area contributed by atoms with E-state index in [1.54, 1.807) is 4.90 Å². The predicted octanol–water partition coefficient (Wildman–Crippen LogP) is 3.96. The van der Waals surface area contributed by atoms with Gasteiger partial charge in [0.15, 0.2) is 0 Å². The zero-order valence-electron chi connectivity index (χ0n) is 15.3. The molecule has 1 N–H and O–H groups in total. The minimum absolute atomic E-state index is 0.0839. The van der Waals surface area contributed by atoms with Crippen molar-refractivity contribution in [3.63, 3.8) is 0 Å². The number of hydrogen-bond donors (Lipinski definition) is 1. The second-order valence-electron chi connectivity index (χ2n) is 6.39. The number of piperidine rings is 1. The number of nitrogens with zero attached hydrogens (tertiary/aromatic N) is 2. The van der Waals surface area contributed by atoms with Crippen molar-refractivity contribution in [2.45, 2.75) is 32.9 Å². The molecule has 1 fully saturated rings. The minimum Gasteiger partial charge on any atom is -0.343 e. The van der Waals surface area contributed by atoms with Gasteiger partial charge in [0.25, 0.3) is 0 Å². The fourth-order valence-electron chi connectivity index (χ4n) is 3.23. The number of para-hydroxylation sites is 1. The van der Waals surface area contributed by atoms with Gasteiger partial charge in [-0.1, -0.05) is 6.07 Å². The summed E-state index contributed by atoms with van der Waals surface area (Å²) in [6.45, 7) is 5.18. The quantitative estimate of drug-likeness (QED) is 0.793. The molecule has 1 aliphatic rings. The van der Waals surface area contributed by atoms with Gasteiger partial charge in [-0.05, 0) is 38.8 Å². The molecular formula is C18H23F4N3O2. The minimum atomic E-state index is -4.80. The highest BCUT2D eigenvalue weighted by atomic mass is 19.4. The summed E-state index contributed by atoms with van der Waals surface area (Å²) in [5, 5.41) is 2.04. The van der Waals surface area contributed by atoms with E-state index in [-0.39, 0.29) is 12.5 Å². The third-order valence-electron chi connectivity index (χ3n) is 4.68. The second kappa shape index (κ2) is 8.58. The summed E-state index contributed by atoms with van der Waals surface area (Å²) in [4.78, 5) is 27.8. The van der Waals surface area contributed by atoms with Crippen LogP contribution in [0.15, 0.2) is 18.2 Å². The lowest BCUT2D eigenvalue weighted by molar-refractivity contribution is -0.137. The Bertz CT molecular complexity index is 690. The molecule has 5 nitrogen and oxygen atoms in total. The number of rotatable bonds is 4. The third kappa shape index (κ3) is 4.90. The van der Waals surface area contributed by atoms with E-state index in [1.165, 1.54) is 4.90 Å². The Balaban J connectivity index is 2.14. The average molecular weight is 389 g/mol. The normalized spacial score (nSPS) is 17.6. The molecule has 0 aliphatic carbocycles. The van der Waals surface area contributed by atoms with Crippen LogP contribution in [0, 0.1) is 11.7 Å². The molecule has 27 heavy (non-hydrogen) atoms. The number of halogens is 4. The van der Waals surface area contributed by atoms with E-state index >= 15 is 0 Å². The van der Waals surface area contributed by atoms with E-state index in [2.05, 4.69) is 0 Å². The van der Waals surface area contributed by atoms with Gasteiger partial charge in [0.05, 0.1) is 17.2 Å². The standard InChI is InChI=1S/C18H23F4N3O2/c1-3-24(4-2)16(26)12-7-6-10-25(11-12)17(27)23-15-13(18(20,21)22)8-5-9-14(15)19/h5,8-9,12H,3-4,6-7,10-11H2,1-2H3,(H,23,27). The van der Waals surface area contributed by atoms with Crippen LogP contribution in [-0.2, 0) is 11.0 Å². The summed E-state index contributed by atoms with van der Waals surface area (Å²) >= 11 is 0. The molecule has 1 aliphatic heterocycles. The van der Waals surface area contributed by atoms with Crippen LogP contribution in [0.4, 0.5) is 28.0 Å². The maximum atomic E-state index is 13.9. The van der Waals surface area contributed by atoms with Crippen molar-refractivity contribution in [3.8, 4) is 0 Å². The largest absolute Gasteiger partial charge is 0.418 e. The van der Waals surface area contributed by atoms with Crippen molar-refractivity contribution >= 4 is 17.6 Å². The molecule has 0 saturated carbocycles. The van der Waals surface area contributed by atoms with Crippen LogP contribution in [0.5, 0.6) is 0 Å². The van der Waals surface area contributed by atoms with Crippen molar-refractivity contribution in [3.05, 3.63) is 29.6 Å². The van der Waals surface area contributed by atoms with Gasteiger partial charge in [-0.15, -0.1) is 0 Å². The number of hydrogen-bond acceptors (Lipinski definition) is 2. The molecule has 1 heterocycles. The number of anilines is 1. The number of alkyl halides is 3. The lowest BCUT2D eigenvalue weighted by Crippen LogP contribution is -2.48. The summed E-state index contributed by atoms with van der Waals surface area (Å²) in [6, 6.07) is 1.66. The molecule has 1 saturated heterocycles. The molecule has 2 rings (SSSR count). The Labute approximate surface area is 155 Å². The first-order chi connectivity index (χ1) is 12.7. The Morgan fingerprint density at radius 2 is 1.93 bits per heavy atom. The number of urea groups is 1. The molecule has 1 unspecified atom stereocenters. The summed E-state index contributed by atoms with van der Waals surface area (Å²) in [6.07, 6.45) is -3.64. The number of likely N-dealkylation sites (tertiary alicyclic amines) is 1. The van der Waals surface area contributed by atoms with Crippen molar-refractivity contribution in [1.82, 2.24) is 9.80 Å². The van der Waals surface area contributed by atoms with Crippen LogP contribution in [0.3, 0.4) is 0 Å². The molecule has 150 valence electrons. The molecule has 1 aromatic rings. The van der Waals surface area contributed by atoms with Crippen LogP contribution >= 0.6 is 0 Å². The van der Waals surface area contributed by atoms with E-state index in [0.29, 0.717) is 38.5 Å². The summed E-state index contributed by atoms with van der Waals surface area (Å²) < 4.78 is 53.1. The lowest BCUT2D eigenvalue weighted by atomic mass is 9.96. The molecule has 0 radical (unpaired) electrons. The SMILES string of the molecule is CCN(CC)C(=O)C1CCCN(C(=O)Nc2c(F)cccc2C(F)(F)F)C1. The molecule has 9 heteroatoms. The number of carbonyl (C=O) groups is 2. The topological polar surface area (TPSA) is 52.7 Å². The van der Waals surface area contributed by atoms with Gasteiger partial charge < -0.3 is 15.1 Å². The Morgan fingerprint density at radius 1 is 1.26 bits per heavy atom. The molecule has 0 aromatic heterocycles. The summed E-state index contributed by atoms with van der Waals surface area (Å²) in [5.74, 6) is -1.66. The van der Waals surface area contributed by atoms with E-state index in [1.807, 2.05) is 19.2 Å². The van der Waals surface area contributed by atoms with Gasteiger partial charge >= 0.3 is 12.2 Å². The molecule has 1 atom stereocenters. The summed E-state index contributed by atoms with van der Waals surface area (Å²) in [7, 11) is 0. The van der Waals surface area contributed by atoms with Gasteiger partial charge in [0.1, 0.15) is 5.82 Å². The first-order valence-electron chi connectivity index (χ1n) is 8.89. The maximum absolute atomic E-state index is 13.9. The summed E-state index contributed by atoms with van der Waals surface area (Å²) in [5.41, 5.74) is -2.14. The van der Waals surface area contributed by atoms with Crippen LogP contribution in [0.1, 0.15) is 32.3 Å². The average Bonchev–Trinajstić information content (AvgIpc) is 2.63. The molecule has 1 aromatic carbocycles. The molecule has 3 amide bonds. The van der Waals surface area contributed by atoms with Crippen molar-refractivity contribution in [2.24, 2.45) is 5.92 Å². The van der Waals surface area contributed by atoms with Gasteiger partial charge in [-0.25, -0.2) is 9.18 Å². The smallest absolute Gasteiger partial charge is 0.343 e. The van der Waals surface area contributed by atoms with Gasteiger partial charge in [0, 0.05) is 26.2 Å². The first kappa shape index (κ1) is 21.0. The lowest BCUT2D eigenvalue weighted by Gasteiger charge is -2.34. The van der Waals surface area contributed by atoms with Crippen LogP contribution in [-0.4, -0.2) is 47.9 Å². The van der Waals surface area contributed by atoms with Crippen LogP contribution < -0.4 is 5.32 Å². The van der Waals surface area contributed by atoms with Crippen LogP contribution in [0.2, 0.25) is 0 Å². The van der Waals surface area contributed by atoms with Crippen molar-refractivity contribution in [1.29, 1.82) is 0 Å². The van der Waals surface area contributed by atoms with Crippen molar-refractivity contribution < 1.29 is 27.2 Å². The first-order valence-corrected chi connectivity index (χ1v) is 8.89. The predicted molar refractivity (Wildman–Crippen MR) is 92.6 cm³/mol. The zero-order valence-corrected chi connectivity index (χ0v) is 15.3. The maximum Gasteiger partial charge on any atom is 0.418 e. The third-order valence-corrected chi connectivity index (χ3v) is 4.68. The van der Waals surface area contributed by atoms with Gasteiger partial charge in [-0.2, -0.15) is 13.2 Å². The van der Waals surface area contributed by atoms with E-state index in [9.17, 15) is 27.2 Å². The fraction of sp³-hybridized carbons (Fsp3) is 0.556. The zero-order chi connectivity index (χ0) is 20.2. The van der Waals surface area contributed by atoms with Gasteiger partial charge in [0.2, 0.25) is 5.91 Å². The van der Waals surface area contributed by atoms with Crippen LogP contribution in [0.25, 0.3) is 0 Å². The number of nitrogens with one attached hydrogen (secondary N) is 1. The Hall–Kier alpha value is -2.32. The monoisotopic (exact) mass is 389 g/mol. The van der Waals surface area contributed by atoms with E-state index in [4.69, 9.17) is 0 Å². The van der Waals surface area contributed by atoms with E-state index < -0.39 is 35.2 Å². The van der Waals surface area contributed by atoms with E-state index in [0.717, 1.165) is 12.1 Å². The number of benzene rings is 1. The molecule has 0 spiro atoms. The second-order valence-corrected chi connectivity index (χ2v) is 6.39. The van der Waals surface area contributed by atoms with Gasteiger partial charge in [-0.3, -0.25) is 4.79 Å².